The number of ether oxygens (including phenoxy) is 1. The largest absolute Gasteiger partial charge is 0.444 e. The number of nitrogens with zero attached hydrogens (tertiary/aromatic N) is 1. The van der Waals surface area contributed by atoms with Gasteiger partial charge in [0.05, 0.1) is 18.3 Å². The van der Waals surface area contributed by atoms with E-state index in [1.165, 1.54) is 0 Å². The highest BCUT2D eigenvalue weighted by Gasteiger charge is 2.45. The summed E-state index contributed by atoms with van der Waals surface area (Å²) in [6, 6.07) is 17.9. The summed E-state index contributed by atoms with van der Waals surface area (Å²) in [6.45, 7) is 7.95. The molecular weight excluding hydrogens is 442 g/mol. The number of hydrogen-bond donors (Lipinski definition) is 3. The second-order valence-electron chi connectivity index (χ2n) is 10.2. The fourth-order valence-corrected chi connectivity index (χ4v) is 4.37. The molecule has 0 bridgehead atoms. The molecule has 4 atom stereocenters. The molecule has 0 saturated carbocycles. The summed E-state index contributed by atoms with van der Waals surface area (Å²) in [7, 11) is 0. The van der Waals surface area contributed by atoms with Gasteiger partial charge in [-0.2, -0.15) is 0 Å². The third kappa shape index (κ3) is 7.80. The van der Waals surface area contributed by atoms with Gasteiger partial charge in [0.15, 0.2) is 0 Å². The van der Waals surface area contributed by atoms with Crippen LogP contribution in [-0.4, -0.2) is 52.0 Å². The van der Waals surface area contributed by atoms with Gasteiger partial charge in [-0.3, -0.25) is 10.1 Å². The lowest BCUT2D eigenvalue weighted by Crippen LogP contribution is -2.55. The van der Waals surface area contributed by atoms with Gasteiger partial charge in [0.2, 0.25) is 5.91 Å². The Kier molecular flexibility index (Phi) is 9.29. The Morgan fingerprint density at radius 1 is 1.09 bits per heavy atom. The summed E-state index contributed by atoms with van der Waals surface area (Å²) in [6.07, 6.45) is 1.19. The van der Waals surface area contributed by atoms with Crippen LogP contribution < -0.4 is 10.6 Å². The molecule has 2 aromatic carbocycles. The van der Waals surface area contributed by atoms with Crippen LogP contribution in [0.2, 0.25) is 0 Å². The van der Waals surface area contributed by atoms with Crippen molar-refractivity contribution in [1.82, 2.24) is 15.5 Å². The van der Waals surface area contributed by atoms with Gasteiger partial charge in [-0.15, -0.1) is 0 Å². The number of carbonyl (C=O) groups is 2. The number of benzene rings is 2. The summed E-state index contributed by atoms with van der Waals surface area (Å²) in [5.74, 6) is -0.161. The van der Waals surface area contributed by atoms with Gasteiger partial charge in [-0.1, -0.05) is 80.4 Å². The fraction of sp³-hybridized carbons (Fsp3) is 0.500. The normalized spacial score (nSPS) is 19.9. The summed E-state index contributed by atoms with van der Waals surface area (Å²) < 4.78 is 5.44. The van der Waals surface area contributed by atoms with Crippen molar-refractivity contribution < 1.29 is 19.4 Å². The molecule has 0 spiro atoms. The molecule has 3 N–H and O–H groups in total. The zero-order chi connectivity index (χ0) is 25.4. The second-order valence-corrected chi connectivity index (χ2v) is 10.2. The highest BCUT2D eigenvalue weighted by molar-refractivity contribution is 5.85. The number of alkyl carbamates (subject to hydrolysis) is 1. The molecule has 1 aliphatic rings. The van der Waals surface area contributed by atoms with E-state index in [2.05, 4.69) is 17.6 Å². The quantitative estimate of drug-likeness (QED) is 0.477. The Labute approximate surface area is 208 Å². The zero-order valence-electron chi connectivity index (χ0n) is 21.2. The molecule has 190 valence electrons. The maximum absolute atomic E-state index is 13.6. The first-order valence-corrected chi connectivity index (χ1v) is 12.5. The molecule has 0 aliphatic carbocycles. The highest BCUT2D eigenvalue weighted by atomic mass is 16.6. The van der Waals surface area contributed by atoms with Crippen LogP contribution in [0.5, 0.6) is 0 Å². The molecule has 1 unspecified atom stereocenters. The predicted molar refractivity (Wildman–Crippen MR) is 137 cm³/mol. The van der Waals surface area contributed by atoms with E-state index in [0.29, 0.717) is 13.0 Å². The number of unbranched alkanes of at least 4 members (excludes halogenated alkanes) is 1. The monoisotopic (exact) mass is 481 g/mol. The lowest BCUT2D eigenvalue weighted by atomic mass is 9.96. The van der Waals surface area contributed by atoms with Crippen molar-refractivity contribution in [2.45, 2.75) is 89.9 Å². The van der Waals surface area contributed by atoms with Crippen molar-refractivity contribution in [3.63, 3.8) is 0 Å². The molecule has 35 heavy (non-hydrogen) atoms. The first-order chi connectivity index (χ1) is 16.7. The minimum Gasteiger partial charge on any atom is -0.444 e. The molecule has 1 heterocycles. The first kappa shape index (κ1) is 26.7. The molecule has 1 fully saturated rings. The van der Waals surface area contributed by atoms with Crippen molar-refractivity contribution in [3.8, 4) is 0 Å². The van der Waals surface area contributed by atoms with Crippen molar-refractivity contribution >= 4 is 12.0 Å². The molecule has 1 aliphatic heterocycles. The Balaban J connectivity index is 1.81. The first-order valence-electron chi connectivity index (χ1n) is 12.5. The molecular formula is C28H39N3O4. The Bertz CT molecular complexity index is 946. The highest BCUT2D eigenvalue weighted by Crippen LogP contribution is 2.23. The van der Waals surface area contributed by atoms with Crippen molar-refractivity contribution in [3.05, 3.63) is 71.8 Å². The van der Waals surface area contributed by atoms with Crippen molar-refractivity contribution in [2.24, 2.45) is 0 Å². The minimum atomic E-state index is -1.14. The van der Waals surface area contributed by atoms with Crippen molar-refractivity contribution in [1.29, 1.82) is 0 Å². The minimum absolute atomic E-state index is 0.161. The van der Waals surface area contributed by atoms with Crippen LogP contribution in [-0.2, 0) is 22.5 Å². The van der Waals surface area contributed by atoms with Crippen LogP contribution in [0.3, 0.4) is 0 Å². The van der Waals surface area contributed by atoms with Gasteiger partial charge in [-0.25, -0.2) is 4.79 Å². The maximum Gasteiger partial charge on any atom is 0.407 e. The number of rotatable bonds is 10. The van der Waals surface area contributed by atoms with E-state index < -0.39 is 29.9 Å². The number of nitrogens with one attached hydrogen (secondary N) is 2. The smallest absolute Gasteiger partial charge is 0.407 e. The molecule has 0 radical (unpaired) electrons. The summed E-state index contributed by atoms with van der Waals surface area (Å²) in [5.41, 5.74) is 1.31. The topological polar surface area (TPSA) is 90.9 Å². The van der Waals surface area contributed by atoms with E-state index >= 15 is 0 Å². The van der Waals surface area contributed by atoms with E-state index in [4.69, 9.17) is 4.74 Å². The number of carbonyl (C=O) groups excluding carboxylic acids is 2. The molecule has 3 rings (SSSR count). The maximum atomic E-state index is 13.6. The number of aliphatic hydroxyl groups excluding tert-OH is 1. The average Bonchev–Trinajstić information content (AvgIpc) is 3.12. The third-order valence-corrected chi connectivity index (χ3v) is 6.08. The third-order valence-electron chi connectivity index (χ3n) is 6.08. The van der Waals surface area contributed by atoms with Crippen LogP contribution in [0.25, 0.3) is 0 Å². The summed E-state index contributed by atoms with van der Waals surface area (Å²) in [4.78, 5) is 28.0. The van der Waals surface area contributed by atoms with Crippen LogP contribution >= 0.6 is 0 Å². The van der Waals surface area contributed by atoms with E-state index in [1.807, 2.05) is 65.6 Å². The van der Waals surface area contributed by atoms with Gasteiger partial charge < -0.3 is 20.1 Å². The van der Waals surface area contributed by atoms with Crippen LogP contribution in [0, 0.1) is 0 Å². The lowest BCUT2D eigenvalue weighted by Gasteiger charge is -2.29. The average molecular weight is 482 g/mol. The lowest BCUT2D eigenvalue weighted by molar-refractivity contribution is -0.133. The molecule has 1 saturated heterocycles. The van der Waals surface area contributed by atoms with Gasteiger partial charge in [0, 0.05) is 6.54 Å². The van der Waals surface area contributed by atoms with Crippen LogP contribution in [0.4, 0.5) is 4.79 Å². The van der Waals surface area contributed by atoms with Gasteiger partial charge in [0.1, 0.15) is 11.6 Å². The molecule has 7 nitrogen and oxygen atoms in total. The molecule has 7 heteroatoms. The van der Waals surface area contributed by atoms with E-state index in [9.17, 15) is 14.7 Å². The van der Waals surface area contributed by atoms with Gasteiger partial charge in [-0.05, 0) is 44.7 Å². The van der Waals surface area contributed by atoms with Crippen LogP contribution in [0.15, 0.2) is 60.7 Å². The molecule has 2 aromatic rings. The van der Waals surface area contributed by atoms with Crippen LogP contribution in [0.1, 0.15) is 58.1 Å². The van der Waals surface area contributed by atoms with Gasteiger partial charge in [0.25, 0.3) is 0 Å². The zero-order valence-corrected chi connectivity index (χ0v) is 21.2. The van der Waals surface area contributed by atoms with Gasteiger partial charge >= 0.3 is 6.09 Å². The Morgan fingerprint density at radius 3 is 2.26 bits per heavy atom. The summed E-state index contributed by atoms with van der Waals surface area (Å²) in [5, 5.41) is 17.6. The molecule has 2 amide bonds. The Hall–Kier alpha value is -2.90. The standard InChI is InChI=1S/C28H39N3O4/c1-5-6-17-23-30-24(26(33)31(23)19-21-15-11-8-12-16-21)25(32)22(18-20-13-9-7-10-14-20)29-27(34)35-28(2,3)4/h7-16,22-25,30,32H,5-6,17-19H2,1-4H3,(H,29,34)/t22-,23?,24-,25+/m0/s1. The Morgan fingerprint density at radius 2 is 1.69 bits per heavy atom. The number of hydrogen-bond acceptors (Lipinski definition) is 5. The predicted octanol–water partition coefficient (Wildman–Crippen LogP) is 4.00. The molecule has 0 aromatic heterocycles. The second kappa shape index (κ2) is 12.2. The SMILES string of the molecule is CCCCC1N[C@@H]([C@H](O)[C@H](Cc2ccccc2)NC(=O)OC(C)(C)C)C(=O)N1Cc1ccccc1. The van der Waals surface area contributed by atoms with E-state index in [0.717, 1.165) is 30.4 Å². The van der Waals surface area contributed by atoms with E-state index in [-0.39, 0.29) is 12.1 Å². The number of aliphatic hydroxyl groups is 1. The fourth-order valence-electron chi connectivity index (χ4n) is 4.37. The van der Waals surface area contributed by atoms with Crippen molar-refractivity contribution in [2.75, 3.05) is 0 Å². The van der Waals surface area contributed by atoms with E-state index in [1.54, 1.807) is 20.8 Å². The number of amides is 2. The summed E-state index contributed by atoms with van der Waals surface area (Å²) >= 11 is 0.